The lowest BCUT2D eigenvalue weighted by Gasteiger charge is -2.25. The van der Waals surface area contributed by atoms with Crippen molar-refractivity contribution in [2.45, 2.75) is 40.7 Å². The molecule has 1 unspecified atom stereocenters. The third-order valence-electron chi connectivity index (χ3n) is 6.32. The maximum Gasteiger partial charge on any atom is 0.338 e. The van der Waals surface area contributed by atoms with E-state index in [4.69, 9.17) is 23.7 Å². The number of hydrogen-bond donors (Lipinski definition) is 0. The molecule has 10 heteroatoms. The largest absolute Gasteiger partial charge is 0.490 e. The van der Waals surface area contributed by atoms with E-state index in [9.17, 15) is 9.59 Å². The number of aromatic nitrogens is 1. The third-order valence-corrected chi connectivity index (χ3v) is 7.31. The van der Waals surface area contributed by atoms with Crippen LogP contribution in [0.15, 0.2) is 70.1 Å². The van der Waals surface area contributed by atoms with Gasteiger partial charge in [-0.3, -0.25) is 9.36 Å². The van der Waals surface area contributed by atoms with Crippen molar-refractivity contribution in [1.29, 1.82) is 0 Å². The van der Waals surface area contributed by atoms with Crippen molar-refractivity contribution in [3.8, 4) is 23.0 Å². The van der Waals surface area contributed by atoms with Gasteiger partial charge in [0.05, 0.1) is 48.3 Å². The monoisotopic (exact) mass is 592 g/mol. The molecular formula is C32H36N2O7S. The molecule has 3 aromatic rings. The number of ether oxygens (including phenoxy) is 5. The molecule has 9 nitrogen and oxygen atoms in total. The Morgan fingerprint density at radius 2 is 1.57 bits per heavy atom. The van der Waals surface area contributed by atoms with Crippen molar-refractivity contribution in [3.63, 3.8) is 0 Å². The van der Waals surface area contributed by atoms with Crippen molar-refractivity contribution < 1.29 is 28.5 Å². The molecule has 0 aliphatic carbocycles. The van der Waals surface area contributed by atoms with Gasteiger partial charge in [-0.05, 0) is 76.1 Å². The fourth-order valence-corrected chi connectivity index (χ4v) is 5.69. The van der Waals surface area contributed by atoms with Crippen LogP contribution >= 0.6 is 11.3 Å². The zero-order chi connectivity index (χ0) is 30.2. The lowest BCUT2D eigenvalue weighted by molar-refractivity contribution is -0.139. The Bertz CT molecular complexity index is 1670. The van der Waals surface area contributed by atoms with E-state index in [-0.39, 0.29) is 17.7 Å². The van der Waals surface area contributed by atoms with Gasteiger partial charge in [0.25, 0.3) is 5.56 Å². The number of carbonyl (C=O) groups is 1. The van der Waals surface area contributed by atoms with Gasteiger partial charge in [-0.1, -0.05) is 36.1 Å². The predicted molar refractivity (Wildman–Crippen MR) is 162 cm³/mol. The molecule has 2 aromatic carbocycles. The van der Waals surface area contributed by atoms with Crippen LogP contribution < -0.4 is 33.8 Å². The summed E-state index contributed by atoms with van der Waals surface area (Å²) in [4.78, 5) is 32.4. The molecule has 4 rings (SSSR count). The minimum absolute atomic E-state index is 0.186. The average Bonchev–Trinajstić information content (AvgIpc) is 3.27. The van der Waals surface area contributed by atoms with Crippen molar-refractivity contribution in [2.24, 2.45) is 4.99 Å². The van der Waals surface area contributed by atoms with E-state index in [1.807, 2.05) is 45.0 Å². The molecule has 0 amide bonds. The fourth-order valence-electron chi connectivity index (χ4n) is 4.65. The topological polar surface area (TPSA) is 97.6 Å². The second-order valence-corrected chi connectivity index (χ2v) is 10.1. The molecule has 0 saturated heterocycles. The second kappa shape index (κ2) is 14.0. The average molecular weight is 593 g/mol. The van der Waals surface area contributed by atoms with Crippen LogP contribution in [0.4, 0.5) is 0 Å². The van der Waals surface area contributed by atoms with E-state index in [2.05, 4.69) is 11.6 Å². The maximum absolute atomic E-state index is 14.0. The highest BCUT2D eigenvalue weighted by Gasteiger charge is 2.34. The Kier molecular flexibility index (Phi) is 10.2. The summed E-state index contributed by atoms with van der Waals surface area (Å²) in [5, 5.41) is 0. The molecule has 1 aliphatic rings. The van der Waals surface area contributed by atoms with Crippen molar-refractivity contribution in [3.05, 3.63) is 91.1 Å². The number of rotatable bonds is 13. The van der Waals surface area contributed by atoms with Crippen LogP contribution in [0.25, 0.3) is 6.08 Å². The van der Waals surface area contributed by atoms with E-state index in [0.717, 1.165) is 5.56 Å². The molecule has 0 spiro atoms. The van der Waals surface area contributed by atoms with Gasteiger partial charge < -0.3 is 23.7 Å². The van der Waals surface area contributed by atoms with Crippen LogP contribution in [0, 0.1) is 0 Å². The molecule has 42 heavy (non-hydrogen) atoms. The number of esters is 1. The van der Waals surface area contributed by atoms with Gasteiger partial charge in [-0.25, -0.2) is 9.79 Å². The summed E-state index contributed by atoms with van der Waals surface area (Å²) in [6.07, 6.45) is 3.44. The molecule has 0 radical (unpaired) electrons. The highest BCUT2D eigenvalue weighted by molar-refractivity contribution is 7.07. The van der Waals surface area contributed by atoms with E-state index in [1.165, 1.54) is 11.3 Å². The Hall–Kier alpha value is -4.31. The normalized spacial score (nSPS) is 14.6. The summed E-state index contributed by atoms with van der Waals surface area (Å²) < 4.78 is 30.5. The van der Waals surface area contributed by atoms with E-state index in [0.29, 0.717) is 70.0 Å². The zero-order valence-electron chi connectivity index (χ0n) is 24.6. The smallest absolute Gasteiger partial charge is 0.338 e. The number of nitrogens with zero attached hydrogens (tertiary/aromatic N) is 2. The highest BCUT2D eigenvalue weighted by Crippen LogP contribution is 2.36. The first-order valence-corrected chi connectivity index (χ1v) is 14.8. The molecule has 0 fully saturated rings. The first-order chi connectivity index (χ1) is 20.4. The molecular weight excluding hydrogens is 556 g/mol. The Balaban J connectivity index is 1.90. The summed E-state index contributed by atoms with van der Waals surface area (Å²) in [6.45, 7) is 14.8. The number of fused-ring (bicyclic) bond motifs is 1. The molecule has 2 heterocycles. The lowest BCUT2D eigenvalue weighted by Crippen LogP contribution is -2.40. The Morgan fingerprint density at radius 1 is 0.929 bits per heavy atom. The quantitative estimate of drug-likeness (QED) is 0.212. The van der Waals surface area contributed by atoms with Gasteiger partial charge in [0.2, 0.25) is 0 Å². The number of hydrogen-bond acceptors (Lipinski definition) is 9. The van der Waals surface area contributed by atoms with Gasteiger partial charge in [0.15, 0.2) is 27.8 Å². The number of thiazole rings is 1. The minimum atomic E-state index is -0.783. The summed E-state index contributed by atoms with van der Waals surface area (Å²) in [7, 11) is 0. The van der Waals surface area contributed by atoms with Crippen LogP contribution in [0.2, 0.25) is 0 Å². The first-order valence-electron chi connectivity index (χ1n) is 14.0. The molecule has 0 bridgehead atoms. The lowest BCUT2D eigenvalue weighted by atomic mass is 9.95. The molecule has 222 valence electrons. The van der Waals surface area contributed by atoms with E-state index < -0.39 is 12.0 Å². The van der Waals surface area contributed by atoms with Crippen LogP contribution in [-0.4, -0.2) is 43.6 Å². The minimum Gasteiger partial charge on any atom is -0.490 e. The fraction of sp³-hybridized carbons (Fsp3) is 0.344. The summed E-state index contributed by atoms with van der Waals surface area (Å²) in [5.41, 5.74) is 1.92. The zero-order valence-corrected chi connectivity index (χ0v) is 25.4. The summed E-state index contributed by atoms with van der Waals surface area (Å²) in [6, 6.07) is 10.1. The second-order valence-electron chi connectivity index (χ2n) is 9.11. The van der Waals surface area contributed by atoms with Crippen molar-refractivity contribution >= 4 is 23.4 Å². The standard InChI is InChI=1S/C32H36N2O7S/c1-7-16-41-24-15-13-22(19-26(24)39-10-4)29-28(31(36)40-11-5)20(6)33-32-34(29)30(35)27(42-32)18-21-12-14-23(37-8-2)25(17-21)38-9-3/h7,12-15,17-19,29H,1,8-11,16H2,2-6H3. The van der Waals surface area contributed by atoms with Gasteiger partial charge in [-0.2, -0.15) is 0 Å². The summed E-state index contributed by atoms with van der Waals surface area (Å²) in [5.74, 6) is 1.73. The Morgan fingerprint density at radius 3 is 2.24 bits per heavy atom. The van der Waals surface area contributed by atoms with Crippen molar-refractivity contribution in [1.82, 2.24) is 4.57 Å². The van der Waals surface area contributed by atoms with E-state index in [1.54, 1.807) is 42.7 Å². The Labute approximate surface area is 249 Å². The van der Waals surface area contributed by atoms with Crippen LogP contribution in [0.5, 0.6) is 23.0 Å². The number of allylic oxidation sites excluding steroid dienone is 1. The van der Waals surface area contributed by atoms with Gasteiger partial charge in [0, 0.05) is 0 Å². The molecule has 1 aromatic heterocycles. The van der Waals surface area contributed by atoms with Crippen LogP contribution in [-0.2, 0) is 9.53 Å². The van der Waals surface area contributed by atoms with Crippen molar-refractivity contribution in [2.75, 3.05) is 33.0 Å². The van der Waals surface area contributed by atoms with Gasteiger partial charge >= 0.3 is 5.97 Å². The van der Waals surface area contributed by atoms with Gasteiger partial charge in [-0.15, -0.1) is 0 Å². The first kappa shape index (κ1) is 30.6. The maximum atomic E-state index is 14.0. The third kappa shape index (κ3) is 6.44. The van der Waals surface area contributed by atoms with Gasteiger partial charge in [0.1, 0.15) is 6.61 Å². The van der Waals surface area contributed by atoms with Crippen LogP contribution in [0.1, 0.15) is 51.8 Å². The molecule has 0 saturated carbocycles. The number of benzene rings is 2. The molecule has 0 N–H and O–H groups in total. The van der Waals surface area contributed by atoms with E-state index >= 15 is 0 Å². The van der Waals surface area contributed by atoms with Crippen LogP contribution in [0.3, 0.4) is 0 Å². The number of carbonyl (C=O) groups excluding carboxylic acids is 1. The molecule has 1 aliphatic heterocycles. The predicted octanol–water partition coefficient (Wildman–Crippen LogP) is 4.56. The summed E-state index contributed by atoms with van der Waals surface area (Å²) >= 11 is 1.25. The molecule has 1 atom stereocenters. The SMILES string of the molecule is C=CCOc1ccc(C2C(C(=O)OCC)=C(C)N=c3sc(=Cc4ccc(OCC)c(OCC)c4)c(=O)n32)cc1OCC. The highest BCUT2D eigenvalue weighted by atomic mass is 32.1.